The molecule has 2 rings (SSSR count). The van der Waals surface area contributed by atoms with Gasteiger partial charge in [0.25, 0.3) is 0 Å². The molecule has 1 saturated heterocycles. The van der Waals surface area contributed by atoms with E-state index in [1.807, 2.05) is 6.92 Å². The Balaban J connectivity index is 1.80. The molecule has 0 aromatic heterocycles. The van der Waals surface area contributed by atoms with Crippen molar-refractivity contribution >= 4 is 5.91 Å². The highest BCUT2D eigenvalue weighted by Crippen LogP contribution is 2.39. The van der Waals surface area contributed by atoms with Gasteiger partial charge in [0.1, 0.15) is 5.54 Å². The predicted octanol–water partition coefficient (Wildman–Crippen LogP) is 0.856. The molecule has 0 spiro atoms. The van der Waals surface area contributed by atoms with E-state index in [2.05, 4.69) is 16.3 Å². The lowest BCUT2D eigenvalue weighted by molar-refractivity contribution is -0.124. The number of hydrogen-bond donors (Lipinski definition) is 2. The molecule has 2 fully saturated rings. The largest absolute Gasteiger partial charge is 0.337 e. The molecule has 1 saturated carbocycles. The number of nitrogens with two attached hydrogens (primary N) is 1. The van der Waals surface area contributed by atoms with Gasteiger partial charge in [0, 0.05) is 6.54 Å². The van der Waals surface area contributed by atoms with Gasteiger partial charge in [0.2, 0.25) is 5.91 Å². The number of piperidine rings is 1. The summed E-state index contributed by atoms with van der Waals surface area (Å²) in [6.45, 7) is 4.90. The van der Waals surface area contributed by atoms with Crippen molar-refractivity contribution in [3.8, 4) is 6.07 Å². The van der Waals surface area contributed by atoms with Crippen LogP contribution in [-0.4, -0.2) is 42.5 Å². The maximum atomic E-state index is 12.2. The van der Waals surface area contributed by atoms with Gasteiger partial charge in [-0.25, -0.2) is 0 Å². The average molecular weight is 278 g/mol. The van der Waals surface area contributed by atoms with Crippen LogP contribution >= 0.6 is 0 Å². The van der Waals surface area contributed by atoms with Crippen LogP contribution < -0.4 is 11.1 Å². The molecule has 1 aliphatic carbocycles. The molecule has 0 bridgehead atoms. The molecule has 20 heavy (non-hydrogen) atoms. The lowest BCUT2D eigenvalue weighted by atomic mass is 9.94. The van der Waals surface area contributed by atoms with Crippen molar-refractivity contribution in [2.24, 2.45) is 17.6 Å². The Labute approximate surface area is 121 Å². The number of carbonyl (C=O) groups excluding carboxylic acids is 1. The van der Waals surface area contributed by atoms with Gasteiger partial charge in [0.15, 0.2) is 0 Å². The zero-order chi connectivity index (χ0) is 14.6. The van der Waals surface area contributed by atoms with Gasteiger partial charge in [-0.2, -0.15) is 5.26 Å². The van der Waals surface area contributed by atoms with Crippen LogP contribution in [0, 0.1) is 23.2 Å². The summed E-state index contributed by atoms with van der Waals surface area (Å²) in [7, 11) is 0. The summed E-state index contributed by atoms with van der Waals surface area (Å²) in [5.41, 5.74) is 4.94. The first-order valence-corrected chi connectivity index (χ1v) is 7.72. The summed E-state index contributed by atoms with van der Waals surface area (Å²) in [5.74, 6) is 0.935. The molecule has 2 unspecified atom stereocenters. The summed E-state index contributed by atoms with van der Waals surface area (Å²) in [4.78, 5) is 14.4. The first-order chi connectivity index (χ1) is 9.57. The Morgan fingerprint density at radius 1 is 1.50 bits per heavy atom. The minimum absolute atomic E-state index is 0.0191. The van der Waals surface area contributed by atoms with E-state index in [1.165, 1.54) is 6.42 Å². The molecular formula is C15H26N4O. The van der Waals surface area contributed by atoms with E-state index in [-0.39, 0.29) is 5.91 Å². The molecular weight excluding hydrogens is 252 g/mol. The van der Waals surface area contributed by atoms with Crippen LogP contribution in [0.4, 0.5) is 0 Å². The molecule has 5 nitrogen and oxygen atoms in total. The molecule has 2 aliphatic rings. The molecule has 3 N–H and O–H groups in total. The Hall–Kier alpha value is -1.12. The lowest BCUT2D eigenvalue weighted by Crippen LogP contribution is -2.51. The number of carbonyl (C=O) groups is 1. The second-order valence-electron chi connectivity index (χ2n) is 6.46. The van der Waals surface area contributed by atoms with Gasteiger partial charge in [0.05, 0.1) is 12.6 Å². The van der Waals surface area contributed by atoms with Crippen molar-refractivity contribution in [2.45, 2.75) is 44.6 Å². The minimum atomic E-state index is -0.677. The number of rotatable bonds is 6. The van der Waals surface area contributed by atoms with Crippen LogP contribution in [0.2, 0.25) is 0 Å². The first kappa shape index (κ1) is 15.3. The number of amides is 1. The average Bonchev–Trinajstić information content (AvgIpc) is 3.24. The molecule has 0 radical (unpaired) electrons. The Morgan fingerprint density at radius 2 is 2.25 bits per heavy atom. The van der Waals surface area contributed by atoms with Gasteiger partial charge in [-0.1, -0.05) is 0 Å². The quantitative estimate of drug-likeness (QED) is 0.755. The van der Waals surface area contributed by atoms with E-state index in [4.69, 9.17) is 5.73 Å². The zero-order valence-electron chi connectivity index (χ0n) is 12.4. The Bertz CT molecular complexity index is 386. The second kappa shape index (κ2) is 6.55. The van der Waals surface area contributed by atoms with E-state index < -0.39 is 5.54 Å². The summed E-state index contributed by atoms with van der Waals surface area (Å²) >= 11 is 0. The minimum Gasteiger partial charge on any atom is -0.337 e. The van der Waals surface area contributed by atoms with Crippen molar-refractivity contribution in [3.05, 3.63) is 0 Å². The number of nitrogens with one attached hydrogen (secondary N) is 1. The fourth-order valence-corrected chi connectivity index (χ4v) is 3.18. The highest BCUT2D eigenvalue weighted by Gasteiger charge is 2.43. The molecule has 112 valence electrons. The van der Waals surface area contributed by atoms with Gasteiger partial charge in [-0.05, 0) is 64.0 Å². The maximum Gasteiger partial charge on any atom is 0.235 e. The number of nitrogens with zero attached hydrogens (tertiary/aromatic N) is 2. The van der Waals surface area contributed by atoms with Crippen molar-refractivity contribution < 1.29 is 4.79 Å². The number of nitriles is 1. The molecule has 5 heteroatoms. The SMILES string of the molecule is CC(C#N)(NC(=O)CN1CCCC(CCN)C1)C1CC1. The predicted molar refractivity (Wildman–Crippen MR) is 77.7 cm³/mol. The Morgan fingerprint density at radius 3 is 2.85 bits per heavy atom. The third-order valence-corrected chi connectivity index (χ3v) is 4.57. The molecule has 1 amide bonds. The van der Waals surface area contributed by atoms with Gasteiger partial charge < -0.3 is 11.1 Å². The highest BCUT2D eigenvalue weighted by atomic mass is 16.2. The molecule has 1 aliphatic heterocycles. The first-order valence-electron chi connectivity index (χ1n) is 7.72. The summed E-state index contributed by atoms with van der Waals surface area (Å²) in [6.07, 6.45) is 5.48. The van der Waals surface area contributed by atoms with Crippen molar-refractivity contribution in [2.75, 3.05) is 26.2 Å². The summed E-state index contributed by atoms with van der Waals surface area (Å²) in [5, 5.41) is 12.2. The summed E-state index contributed by atoms with van der Waals surface area (Å²) < 4.78 is 0. The monoisotopic (exact) mass is 278 g/mol. The number of likely N-dealkylation sites (tertiary alicyclic amines) is 1. The van der Waals surface area contributed by atoms with Crippen LogP contribution in [0.25, 0.3) is 0 Å². The van der Waals surface area contributed by atoms with E-state index in [1.54, 1.807) is 0 Å². The van der Waals surface area contributed by atoms with Crippen LogP contribution in [0.1, 0.15) is 39.0 Å². The lowest BCUT2D eigenvalue weighted by Gasteiger charge is -2.33. The third-order valence-electron chi connectivity index (χ3n) is 4.57. The number of hydrogen-bond acceptors (Lipinski definition) is 4. The van der Waals surface area contributed by atoms with Crippen molar-refractivity contribution in [1.82, 2.24) is 10.2 Å². The van der Waals surface area contributed by atoms with E-state index >= 15 is 0 Å². The van der Waals surface area contributed by atoms with Gasteiger partial charge in [-0.15, -0.1) is 0 Å². The topological polar surface area (TPSA) is 82.2 Å². The third kappa shape index (κ3) is 3.94. The van der Waals surface area contributed by atoms with Gasteiger partial charge >= 0.3 is 0 Å². The molecule has 0 aromatic rings. The fourth-order valence-electron chi connectivity index (χ4n) is 3.18. The second-order valence-corrected chi connectivity index (χ2v) is 6.46. The smallest absolute Gasteiger partial charge is 0.235 e. The van der Waals surface area contributed by atoms with Gasteiger partial charge in [-0.3, -0.25) is 9.69 Å². The highest BCUT2D eigenvalue weighted by molar-refractivity contribution is 5.79. The van der Waals surface area contributed by atoms with E-state index in [9.17, 15) is 10.1 Å². The maximum absolute atomic E-state index is 12.2. The molecule has 2 atom stereocenters. The Kier molecular flexibility index (Phi) is 5.00. The van der Waals surface area contributed by atoms with E-state index in [0.29, 0.717) is 18.4 Å². The van der Waals surface area contributed by atoms with Crippen LogP contribution in [0.15, 0.2) is 0 Å². The van der Waals surface area contributed by atoms with Crippen LogP contribution in [0.5, 0.6) is 0 Å². The molecule has 1 heterocycles. The van der Waals surface area contributed by atoms with E-state index in [0.717, 1.165) is 45.3 Å². The zero-order valence-corrected chi connectivity index (χ0v) is 12.4. The standard InChI is InChI=1S/C15H26N4O/c1-15(11-17,13-4-5-13)18-14(20)10-19-8-2-3-12(9-19)6-7-16/h12-13H,2-10,16H2,1H3,(H,18,20). The van der Waals surface area contributed by atoms with Crippen molar-refractivity contribution in [3.63, 3.8) is 0 Å². The molecule has 0 aromatic carbocycles. The summed E-state index contributed by atoms with van der Waals surface area (Å²) in [6, 6.07) is 2.27. The van der Waals surface area contributed by atoms with Crippen LogP contribution in [-0.2, 0) is 4.79 Å². The fraction of sp³-hybridized carbons (Fsp3) is 0.867. The normalized spacial score (nSPS) is 26.6. The van der Waals surface area contributed by atoms with Crippen LogP contribution in [0.3, 0.4) is 0 Å². The van der Waals surface area contributed by atoms with Crippen molar-refractivity contribution in [1.29, 1.82) is 5.26 Å².